The fourth-order valence-electron chi connectivity index (χ4n) is 3.44. The second kappa shape index (κ2) is 6.34. The standard InChI is InChI=1S/C20H21N3O3/c1-11(24)23-13-6-4-12(5-7-13)19-14(10-21)18(22)17-15(25)8-20(2,3)9-16(17)26-19/h4-7,19H,8-9,22H2,1-3H3,(H,23,24)/t19-/m1/s1. The quantitative estimate of drug-likeness (QED) is 0.852. The third-order valence-electron chi connectivity index (χ3n) is 4.57. The summed E-state index contributed by atoms with van der Waals surface area (Å²) in [5.74, 6) is 0.311. The highest BCUT2D eigenvalue weighted by Crippen LogP contribution is 2.45. The van der Waals surface area contributed by atoms with E-state index in [1.165, 1.54) is 6.92 Å². The number of ether oxygens (including phenoxy) is 1. The molecule has 134 valence electrons. The van der Waals surface area contributed by atoms with Crippen LogP contribution in [0.15, 0.2) is 46.9 Å². The third kappa shape index (κ3) is 3.21. The molecular formula is C20H21N3O3. The molecule has 1 amide bonds. The van der Waals surface area contributed by atoms with Gasteiger partial charge in [-0.1, -0.05) is 26.0 Å². The summed E-state index contributed by atoms with van der Waals surface area (Å²) < 4.78 is 6.09. The molecule has 1 aliphatic carbocycles. The first-order valence-electron chi connectivity index (χ1n) is 8.42. The maximum absolute atomic E-state index is 12.5. The van der Waals surface area contributed by atoms with Crippen molar-refractivity contribution in [1.82, 2.24) is 0 Å². The Morgan fingerprint density at radius 1 is 1.31 bits per heavy atom. The van der Waals surface area contributed by atoms with Crippen molar-refractivity contribution in [3.8, 4) is 6.07 Å². The molecular weight excluding hydrogens is 330 g/mol. The Hall–Kier alpha value is -3.07. The number of allylic oxidation sites excluding steroid dienone is 2. The number of amides is 1. The molecule has 0 saturated carbocycles. The van der Waals surface area contributed by atoms with Crippen LogP contribution in [-0.4, -0.2) is 11.7 Å². The molecule has 1 heterocycles. The number of carbonyl (C=O) groups excluding carboxylic acids is 2. The number of nitrogens with one attached hydrogen (secondary N) is 1. The van der Waals surface area contributed by atoms with E-state index >= 15 is 0 Å². The van der Waals surface area contributed by atoms with Crippen molar-refractivity contribution in [2.45, 2.75) is 39.7 Å². The summed E-state index contributed by atoms with van der Waals surface area (Å²) in [6.07, 6.45) is 0.311. The predicted molar refractivity (Wildman–Crippen MR) is 96.4 cm³/mol. The molecule has 3 rings (SSSR count). The Balaban J connectivity index is 1.99. The molecule has 2 aliphatic rings. The van der Waals surface area contributed by atoms with Gasteiger partial charge in [0, 0.05) is 25.5 Å². The van der Waals surface area contributed by atoms with Gasteiger partial charge in [-0.25, -0.2) is 0 Å². The number of anilines is 1. The highest BCUT2D eigenvalue weighted by molar-refractivity contribution is 6.01. The molecule has 0 fully saturated rings. The van der Waals surface area contributed by atoms with Crippen LogP contribution >= 0.6 is 0 Å². The molecule has 0 aromatic heterocycles. The number of nitrogens with zero attached hydrogens (tertiary/aromatic N) is 1. The number of nitriles is 1. The molecule has 0 saturated heterocycles. The van der Waals surface area contributed by atoms with E-state index in [4.69, 9.17) is 10.5 Å². The Morgan fingerprint density at radius 3 is 2.54 bits per heavy atom. The van der Waals surface area contributed by atoms with Gasteiger partial charge >= 0.3 is 0 Å². The maximum atomic E-state index is 12.5. The molecule has 3 N–H and O–H groups in total. The molecule has 1 atom stereocenters. The van der Waals surface area contributed by atoms with Gasteiger partial charge in [0.15, 0.2) is 11.9 Å². The van der Waals surface area contributed by atoms with E-state index in [0.29, 0.717) is 29.9 Å². The van der Waals surface area contributed by atoms with E-state index in [1.807, 2.05) is 13.8 Å². The summed E-state index contributed by atoms with van der Waals surface area (Å²) in [5, 5.41) is 12.3. The van der Waals surface area contributed by atoms with E-state index < -0.39 is 6.10 Å². The minimum Gasteiger partial charge on any atom is -0.484 e. The normalized spacial score (nSPS) is 21.6. The first-order chi connectivity index (χ1) is 12.2. The number of hydrogen-bond donors (Lipinski definition) is 2. The van der Waals surface area contributed by atoms with Gasteiger partial charge in [0.2, 0.25) is 5.91 Å². The Labute approximate surface area is 152 Å². The molecule has 0 unspecified atom stereocenters. The molecule has 26 heavy (non-hydrogen) atoms. The van der Waals surface area contributed by atoms with Crippen LogP contribution in [0, 0.1) is 16.7 Å². The number of nitrogens with two attached hydrogens (primary N) is 1. The third-order valence-corrected chi connectivity index (χ3v) is 4.57. The van der Waals surface area contributed by atoms with Crippen molar-refractivity contribution in [3.05, 3.63) is 52.4 Å². The number of Topliss-reactive ketones (excluding diaryl/α,β-unsaturated/α-hetero) is 1. The van der Waals surface area contributed by atoms with Crippen LogP contribution in [0.3, 0.4) is 0 Å². The molecule has 6 nitrogen and oxygen atoms in total. The average Bonchev–Trinajstić information content (AvgIpc) is 2.53. The zero-order chi connectivity index (χ0) is 19.1. The minimum absolute atomic E-state index is 0.0824. The molecule has 6 heteroatoms. The van der Waals surface area contributed by atoms with Gasteiger partial charge in [0.1, 0.15) is 11.8 Å². The predicted octanol–water partition coefficient (Wildman–Crippen LogP) is 3.10. The van der Waals surface area contributed by atoms with E-state index in [-0.39, 0.29) is 28.4 Å². The van der Waals surface area contributed by atoms with Gasteiger partial charge in [-0.15, -0.1) is 0 Å². The van der Waals surface area contributed by atoms with Crippen molar-refractivity contribution in [2.24, 2.45) is 11.1 Å². The van der Waals surface area contributed by atoms with Gasteiger partial charge in [0.05, 0.1) is 16.8 Å². The van der Waals surface area contributed by atoms with Crippen molar-refractivity contribution in [1.29, 1.82) is 5.26 Å². The van der Waals surface area contributed by atoms with E-state index in [0.717, 1.165) is 5.56 Å². The first-order valence-corrected chi connectivity index (χ1v) is 8.42. The second-order valence-electron chi connectivity index (χ2n) is 7.48. The van der Waals surface area contributed by atoms with Crippen LogP contribution in [0.4, 0.5) is 5.69 Å². The smallest absolute Gasteiger partial charge is 0.221 e. The lowest BCUT2D eigenvalue weighted by atomic mass is 9.74. The number of rotatable bonds is 2. The van der Waals surface area contributed by atoms with Crippen LogP contribution in [-0.2, 0) is 14.3 Å². The van der Waals surface area contributed by atoms with Gasteiger partial charge in [-0.05, 0) is 23.1 Å². The Bertz CT molecular complexity index is 886. The molecule has 0 radical (unpaired) electrons. The number of ketones is 1. The van der Waals surface area contributed by atoms with Gasteiger partial charge in [-0.3, -0.25) is 9.59 Å². The number of benzene rings is 1. The van der Waals surface area contributed by atoms with Crippen LogP contribution in [0.2, 0.25) is 0 Å². The van der Waals surface area contributed by atoms with E-state index in [9.17, 15) is 14.9 Å². The monoisotopic (exact) mass is 351 g/mol. The fraction of sp³-hybridized carbons (Fsp3) is 0.350. The highest BCUT2D eigenvalue weighted by atomic mass is 16.5. The van der Waals surface area contributed by atoms with Crippen LogP contribution < -0.4 is 11.1 Å². The summed E-state index contributed by atoms with van der Waals surface area (Å²) in [6, 6.07) is 9.14. The zero-order valence-electron chi connectivity index (χ0n) is 15.1. The topological polar surface area (TPSA) is 105 Å². The summed E-state index contributed by atoms with van der Waals surface area (Å²) >= 11 is 0. The lowest BCUT2D eigenvalue weighted by Crippen LogP contribution is -2.33. The average molecular weight is 351 g/mol. The van der Waals surface area contributed by atoms with Crippen LogP contribution in [0.5, 0.6) is 0 Å². The summed E-state index contributed by atoms with van der Waals surface area (Å²) in [7, 11) is 0. The van der Waals surface area contributed by atoms with Crippen LogP contribution in [0.25, 0.3) is 0 Å². The van der Waals surface area contributed by atoms with Gasteiger partial charge in [0.25, 0.3) is 0 Å². The number of hydrogen-bond acceptors (Lipinski definition) is 5. The molecule has 0 bridgehead atoms. The molecule has 0 spiro atoms. The minimum atomic E-state index is -0.660. The van der Waals surface area contributed by atoms with Crippen molar-refractivity contribution >= 4 is 17.4 Å². The van der Waals surface area contributed by atoms with Crippen molar-refractivity contribution < 1.29 is 14.3 Å². The Morgan fingerprint density at radius 2 is 1.96 bits per heavy atom. The first kappa shape index (κ1) is 17.7. The largest absolute Gasteiger partial charge is 0.484 e. The molecule has 1 aromatic carbocycles. The summed E-state index contributed by atoms with van der Waals surface area (Å²) in [6.45, 7) is 5.45. The maximum Gasteiger partial charge on any atom is 0.221 e. The highest BCUT2D eigenvalue weighted by Gasteiger charge is 2.41. The summed E-state index contributed by atoms with van der Waals surface area (Å²) in [5.41, 5.74) is 8.18. The second-order valence-corrected chi connectivity index (χ2v) is 7.48. The van der Waals surface area contributed by atoms with Crippen LogP contribution in [0.1, 0.15) is 45.3 Å². The van der Waals surface area contributed by atoms with E-state index in [2.05, 4.69) is 11.4 Å². The SMILES string of the molecule is CC(=O)Nc1ccc([C@H]2OC3=C(C(=O)CC(C)(C)C3)C(N)=C2C#N)cc1. The van der Waals surface area contributed by atoms with E-state index in [1.54, 1.807) is 24.3 Å². The molecule has 1 aromatic rings. The molecule has 1 aliphatic heterocycles. The fourth-order valence-corrected chi connectivity index (χ4v) is 3.44. The lowest BCUT2D eigenvalue weighted by Gasteiger charge is -2.37. The zero-order valence-corrected chi connectivity index (χ0v) is 15.1. The lowest BCUT2D eigenvalue weighted by molar-refractivity contribution is -0.119. The van der Waals surface area contributed by atoms with Gasteiger partial charge < -0.3 is 15.8 Å². The van der Waals surface area contributed by atoms with Gasteiger partial charge in [-0.2, -0.15) is 5.26 Å². The Kier molecular flexibility index (Phi) is 4.33. The van der Waals surface area contributed by atoms with Crippen molar-refractivity contribution in [3.63, 3.8) is 0 Å². The van der Waals surface area contributed by atoms with Crippen molar-refractivity contribution in [2.75, 3.05) is 5.32 Å². The number of carbonyl (C=O) groups is 2. The summed E-state index contributed by atoms with van der Waals surface area (Å²) in [4.78, 5) is 23.7.